The van der Waals surface area contributed by atoms with Gasteiger partial charge in [-0.25, -0.2) is 4.98 Å². The molecule has 0 bridgehead atoms. The highest BCUT2D eigenvalue weighted by Gasteiger charge is 2.17. The Kier molecular flexibility index (Phi) is 5.53. The van der Waals surface area contributed by atoms with E-state index in [2.05, 4.69) is 15.5 Å². The van der Waals surface area contributed by atoms with Crippen molar-refractivity contribution in [3.8, 4) is 28.6 Å². The topological polar surface area (TPSA) is 95.7 Å². The normalized spacial score (nSPS) is 10.8. The van der Waals surface area contributed by atoms with Crippen LogP contribution in [-0.2, 0) is 0 Å². The van der Waals surface area contributed by atoms with Crippen LogP contribution in [0.25, 0.3) is 21.5 Å². The molecule has 0 saturated heterocycles. The van der Waals surface area contributed by atoms with E-state index in [1.165, 1.54) is 11.3 Å². The summed E-state index contributed by atoms with van der Waals surface area (Å²) in [6, 6.07) is 12.5. The van der Waals surface area contributed by atoms with Crippen LogP contribution in [0.2, 0.25) is 0 Å². The van der Waals surface area contributed by atoms with Gasteiger partial charge in [-0.3, -0.25) is 10.1 Å². The highest BCUT2D eigenvalue weighted by Crippen LogP contribution is 2.33. The Hall–Kier alpha value is -3.59. The van der Waals surface area contributed by atoms with E-state index < -0.39 is 5.91 Å². The molecule has 0 atom stereocenters. The van der Waals surface area contributed by atoms with Crippen molar-refractivity contribution in [1.82, 2.24) is 10.1 Å². The Labute approximate surface area is 176 Å². The van der Waals surface area contributed by atoms with Crippen LogP contribution in [0.5, 0.6) is 17.2 Å². The summed E-state index contributed by atoms with van der Waals surface area (Å²) in [5.74, 6) is 1.95. The average molecular weight is 425 g/mol. The molecule has 30 heavy (non-hydrogen) atoms. The highest BCUT2D eigenvalue weighted by molar-refractivity contribution is 7.22. The first-order valence-corrected chi connectivity index (χ1v) is 9.96. The van der Waals surface area contributed by atoms with Crippen molar-refractivity contribution in [3.63, 3.8) is 0 Å². The first kappa shape index (κ1) is 19.7. The zero-order valence-corrected chi connectivity index (χ0v) is 17.4. The summed E-state index contributed by atoms with van der Waals surface area (Å²) in [7, 11) is 3.12. The van der Waals surface area contributed by atoms with Gasteiger partial charge in [0.1, 0.15) is 5.75 Å². The number of thiazole rings is 1. The molecule has 0 spiro atoms. The molecule has 1 amide bonds. The Bertz CT molecular complexity index is 1200. The summed E-state index contributed by atoms with van der Waals surface area (Å²) < 4.78 is 22.3. The van der Waals surface area contributed by atoms with E-state index in [4.69, 9.17) is 18.7 Å². The number of benzene rings is 2. The molecule has 0 aliphatic carbocycles. The fourth-order valence-corrected chi connectivity index (χ4v) is 3.77. The molecule has 0 fully saturated rings. The van der Waals surface area contributed by atoms with Gasteiger partial charge < -0.3 is 18.7 Å². The summed E-state index contributed by atoms with van der Waals surface area (Å²) in [5.41, 5.74) is 1.64. The molecule has 2 aromatic carbocycles. The number of hydrogen-bond acceptors (Lipinski definition) is 8. The number of anilines is 1. The molecule has 9 heteroatoms. The summed E-state index contributed by atoms with van der Waals surface area (Å²) >= 11 is 1.36. The number of nitrogens with zero attached hydrogens (tertiary/aromatic N) is 2. The lowest BCUT2D eigenvalue weighted by atomic mass is 10.1. The van der Waals surface area contributed by atoms with Gasteiger partial charge >= 0.3 is 0 Å². The second-order valence-corrected chi connectivity index (χ2v) is 7.21. The minimum atomic E-state index is -0.408. The fraction of sp³-hybridized carbons (Fsp3) is 0.190. The second kappa shape index (κ2) is 8.42. The lowest BCUT2D eigenvalue weighted by Gasteiger charge is -2.07. The first-order chi connectivity index (χ1) is 14.6. The van der Waals surface area contributed by atoms with Gasteiger partial charge in [0.2, 0.25) is 0 Å². The van der Waals surface area contributed by atoms with E-state index in [1.807, 2.05) is 25.1 Å². The van der Waals surface area contributed by atoms with Crippen LogP contribution >= 0.6 is 11.3 Å². The summed E-state index contributed by atoms with van der Waals surface area (Å²) in [5, 5.41) is 7.11. The summed E-state index contributed by atoms with van der Waals surface area (Å²) in [6.07, 6.45) is 0. The van der Waals surface area contributed by atoms with Crippen molar-refractivity contribution in [2.45, 2.75) is 6.92 Å². The second-order valence-electron chi connectivity index (χ2n) is 6.18. The van der Waals surface area contributed by atoms with Crippen molar-refractivity contribution in [1.29, 1.82) is 0 Å². The molecule has 0 radical (unpaired) electrons. The zero-order valence-electron chi connectivity index (χ0n) is 16.6. The molecular weight excluding hydrogens is 406 g/mol. The monoisotopic (exact) mass is 425 g/mol. The quantitative estimate of drug-likeness (QED) is 0.461. The van der Waals surface area contributed by atoms with Gasteiger partial charge in [0.25, 0.3) is 5.91 Å². The molecule has 0 aliphatic heterocycles. The maximum absolute atomic E-state index is 12.6. The van der Waals surface area contributed by atoms with Crippen LogP contribution in [0.3, 0.4) is 0 Å². The lowest BCUT2D eigenvalue weighted by molar-refractivity contribution is 0.101. The third kappa shape index (κ3) is 3.92. The van der Waals surface area contributed by atoms with E-state index in [0.29, 0.717) is 34.6 Å². The molecule has 8 nitrogen and oxygen atoms in total. The molecule has 0 unspecified atom stereocenters. The molecule has 154 valence electrons. The predicted octanol–water partition coefficient (Wildman–Crippen LogP) is 4.62. The Balaban J connectivity index is 1.52. The van der Waals surface area contributed by atoms with Gasteiger partial charge in [0.15, 0.2) is 28.1 Å². The molecule has 2 aromatic heterocycles. The minimum Gasteiger partial charge on any atom is -0.494 e. The van der Waals surface area contributed by atoms with Crippen LogP contribution in [0.15, 0.2) is 47.0 Å². The van der Waals surface area contributed by atoms with Crippen LogP contribution in [0, 0.1) is 0 Å². The zero-order chi connectivity index (χ0) is 21.1. The third-order valence-corrected chi connectivity index (χ3v) is 5.24. The smallest absolute Gasteiger partial charge is 0.279 e. The van der Waals surface area contributed by atoms with Crippen LogP contribution < -0.4 is 19.5 Å². The summed E-state index contributed by atoms with van der Waals surface area (Å²) in [4.78, 5) is 17.0. The lowest BCUT2D eigenvalue weighted by Crippen LogP contribution is -2.11. The van der Waals surface area contributed by atoms with Crippen molar-refractivity contribution in [3.05, 3.63) is 48.2 Å². The fourth-order valence-electron chi connectivity index (χ4n) is 2.88. The number of carbonyl (C=O) groups is 1. The van der Waals surface area contributed by atoms with Gasteiger partial charge in [-0.15, -0.1) is 0 Å². The SMILES string of the molecule is CCOc1ccc2nc(NC(=O)c3cc(-c4ccc(OC)c(OC)c4)on3)sc2c1. The third-order valence-electron chi connectivity index (χ3n) is 4.30. The molecule has 4 aromatic rings. The Morgan fingerprint density at radius 3 is 2.70 bits per heavy atom. The van der Waals surface area contributed by atoms with Gasteiger partial charge in [-0.1, -0.05) is 16.5 Å². The van der Waals surface area contributed by atoms with Gasteiger partial charge in [0, 0.05) is 11.6 Å². The van der Waals surface area contributed by atoms with E-state index >= 15 is 0 Å². The van der Waals surface area contributed by atoms with Crippen LogP contribution in [0.1, 0.15) is 17.4 Å². The summed E-state index contributed by atoms with van der Waals surface area (Å²) in [6.45, 7) is 2.51. The van der Waals surface area contributed by atoms with Crippen molar-refractivity contribution >= 4 is 32.6 Å². The standard InChI is InChI=1S/C21H19N3O5S/c1-4-28-13-6-7-14-19(10-13)30-21(22-14)23-20(25)15-11-17(29-24-15)12-5-8-16(26-2)18(9-12)27-3/h5-11H,4H2,1-3H3,(H,22,23,25). The maximum Gasteiger partial charge on any atom is 0.279 e. The first-order valence-electron chi connectivity index (χ1n) is 9.15. The van der Waals surface area contributed by atoms with Crippen molar-refractivity contribution in [2.75, 3.05) is 26.1 Å². The number of ether oxygens (including phenoxy) is 3. The van der Waals surface area contributed by atoms with Gasteiger partial charge in [0.05, 0.1) is 31.0 Å². The predicted molar refractivity (Wildman–Crippen MR) is 114 cm³/mol. The van der Waals surface area contributed by atoms with Crippen molar-refractivity contribution in [2.24, 2.45) is 0 Å². The largest absolute Gasteiger partial charge is 0.494 e. The number of hydrogen-bond donors (Lipinski definition) is 1. The molecular formula is C21H19N3O5S. The highest BCUT2D eigenvalue weighted by atomic mass is 32.1. The number of carbonyl (C=O) groups excluding carboxylic acids is 1. The van der Waals surface area contributed by atoms with E-state index in [-0.39, 0.29) is 5.69 Å². The number of aromatic nitrogens is 2. The molecule has 0 saturated carbocycles. The van der Waals surface area contributed by atoms with Crippen LogP contribution in [0.4, 0.5) is 5.13 Å². The molecule has 0 aliphatic rings. The van der Waals surface area contributed by atoms with Crippen molar-refractivity contribution < 1.29 is 23.5 Å². The van der Waals surface area contributed by atoms with Gasteiger partial charge in [-0.2, -0.15) is 0 Å². The van der Waals surface area contributed by atoms with Gasteiger partial charge in [-0.05, 0) is 43.3 Å². The Morgan fingerprint density at radius 2 is 1.93 bits per heavy atom. The number of rotatable bonds is 7. The van der Waals surface area contributed by atoms with E-state index in [1.54, 1.807) is 38.5 Å². The number of fused-ring (bicyclic) bond motifs is 1. The molecule has 1 N–H and O–H groups in total. The Morgan fingerprint density at radius 1 is 1.10 bits per heavy atom. The number of amides is 1. The maximum atomic E-state index is 12.6. The van der Waals surface area contributed by atoms with E-state index in [0.717, 1.165) is 16.0 Å². The molecule has 4 rings (SSSR count). The van der Waals surface area contributed by atoms with E-state index in [9.17, 15) is 4.79 Å². The number of methoxy groups -OCH3 is 2. The number of nitrogens with one attached hydrogen (secondary N) is 1. The molecule has 2 heterocycles. The minimum absolute atomic E-state index is 0.147. The van der Waals surface area contributed by atoms with Crippen LogP contribution in [-0.4, -0.2) is 36.9 Å². The average Bonchev–Trinajstić information content (AvgIpc) is 3.40.